The van der Waals surface area contributed by atoms with Crippen molar-refractivity contribution < 1.29 is 4.79 Å². The van der Waals surface area contributed by atoms with Crippen LogP contribution in [0.5, 0.6) is 0 Å². The van der Waals surface area contributed by atoms with Crippen LogP contribution in [0, 0.1) is 0 Å². The minimum absolute atomic E-state index is 0.0277. The maximum atomic E-state index is 11.0. The third kappa shape index (κ3) is 3.32. The summed E-state index contributed by atoms with van der Waals surface area (Å²) in [6.45, 7) is 6.22. The van der Waals surface area contributed by atoms with Crippen LogP contribution in [0.4, 0.5) is 0 Å². The van der Waals surface area contributed by atoms with Gasteiger partial charge in [0.1, 0.15) is 0 Å². The predicted octanol–water partition coefficient (Wildman–Crippen LogP) is 3.38. The Bertz CT molecular complexity index is 587. The van der Waals surface area contributed by atoms with Gasteiger partial charge in [0.15, 0.2) is 0 Å². The fourth-order valence-corrected chi connectivity index (χ4v) is 1.98. The molecule has 96 valence electrons. The summed E-state index contributed by atoms with van der Waals surface area (Å²) in [4.78, 5) is 11.0. The molecule has 0 fully saturated rings. The van der Waals surface area contributed by atoms with E-state index < -0.39 is 0 Å². The van der Waals surface area contributed by atoms with Crippen LogP contribution in [0.15, 0.2) is 61.2 Å². The number of hydrogen-bond donors (Lipinski definition) is 1. The van der Waals surface area contributed by atoms with Gasteiger partial charge in [0, 0.05) is 13.5 Å². The monoisotopic (exact) mass is 251 g/mol. The molecule has 2 aromatic carbocycles. The van der Waals surface area contributed by atoms with E-state index in [1.807, 2.05) is 54.6 Å². The second kappa shape index (κ2) is 6.01. The SMILES string of the molecule is C=C(c1ccccc1)c1ccccc1CNC(C)=O. The third-order valence-corrected chi connectivity index (χ3v) is 2.99. The van der Waals surface area contributed by atoms with Crippen LogP contribution in [0.25, 0.3) is 5.57 Å². The van der Waals surface area contributed by atoms with E-state index in [1.165, 1.54) is 6.92 Å². The van der Waals surface area contributed by atoms with Gasteiger partial charge in [0.25, 0.3) is 0 Å². The molecule has 0 aliphatic rings. The molecular weight excluding hydrogens is 234 g/mol. The molecule has 0 heterocycles. The fraction of sp³-hybridized carbons (Fsp3) is 0.118. The molecule has 0 radical (unpaired) electrons. The molecule has 19 heavy (non-hydrogen) atoms. The number of nitrogens with one attached hydrogen (secondary N) is 1. The molecule has 0 saturated heterocycles. The highest BCUT2D eigenvalue weighted by molar-refractivity contribution is 5.80. The smallest absolute Gasteiger partial charge is 0.217 e. The van der Waals surface area contributed by atoms with Gasteiger partial charge < -0.3 is 5.32 Å². The normalized spacial score (nSPS) is 9.95. The van der Waals surface area contributed by atoms with Gasteiger partial charge in [-0.25, -0.2) is 0 Å². The number of carbonyl (C=O) groups is 1. The predicted molar refractivity (Wildman–Crippen MR) is 78.5 cm³/mol. The molecule has 1 N–H and O–H groups in total. The third-order valence-electron chi connectivity index (χ3n) is 2.99. The number of amides is 1. The Hall–Kier alpha value is -2.35. The van der Waals surface area contributed by atoms with Crippen LogP contribution >= 0.6 is 0 Å². The van der Waals surface area contributed by atoms with Gasteiger partial charge in [-0.3, -0.25) is 4.79 Å². The molecule has 0 bridgehead atoms. The van der Waals surface area contributed by atoms with Crippen LogP contribution in [0.2, 0.25) is 0 Å². The number of benzene rings is 2. The topological polar surface area (TPSA) is 29.1 Å². The van der Waals surface area contributed by atoms with Crippen molar-refractivity contribution in [1.82, 2.24) is 5.32 Å². The van der Waals surface area contributed by atoms with Crippen LogP contribution in [-0.4, -0.2) is 5.91 Å². The van der Waals surface area contributed by atoms with Gasteiger partial charge in [-0.05, 0) is 22.3 Å². The molecule has 0 aromatic heterocycles. The first-order valence-corrected chi connectivity index (χ1v) is 6.25. The van der Waals surface area contributed by atoms with Crippen molar-refractivity contribution in [3.63, 3.8) is 0 Å². The van der Waals surface area contributed by atoms with Crippen molar-refractivity contribution in [3.05, 3.63) is 77.9 Å². The summed E-state index contributed by atoms with van der Waals surface area (Å²) < 4.78 is 0. The first kappa shape index (κ1) is 13.1. The number of carbonyl (C=O) groups excluding carboxylic acids is 1. The Morgan fingerprint density at radius 1 is 1.05 bits per heavy atom. The summed E-state index contributed by atoms with van der Waals surface area (Å²) in [5.41, 5.74) is 4.22. The van der Waals surface area contributed by atoms with Crippen molar-refractivity contribution in [2.45, 2.75) is 13.5 Å². The molecule has 2 aromatic rings. The molecule has 0 aliphatic carbocycles. The van der Waals surface area contributed by atoms with E-state index >= 15 is 0 Å². The maximum Gasteiger partial charge on any atom is 0.217 e. The van der Waals surface area contributed by atoms with Gasteiger partial charge in [-0.2, -0.15) is 0 Å². The average Bonchev–Trinajstić information content (AvgIpc) is 2.45. The molecule has 0 spiro atoms. The molecular formula is C17H17NO. The number of rotatable bonds is 4. The Morgan fingerprint density at radius 3 is 2.37 bits per heavy atom. The van der Waals surface area contributed by atoms with E-state index in [4.69, 9.17) is 0 Å². The van der Waals surface area contributed by atoms with E-state index in [0.29, 0.717) is 6.54 Å². The van der Waals surface area contributed by atoms with Crippen LogP contribution < -0.4 is 5.32 Å². The highest BCUT2D eigenvalue weighted by Gasteiger charge is 2.07. The Kier molecular flexibility index (Phi) is 4.14. The van der Waals surface area contributed by atoms with Crippen molar-refractivity contribution >= 4 is 11.5 Å². The first-order chi connectivity index (χ1) is 9.18. The lowest BCUT2D eigenvalue weighted by Crippen LogP contribution is -2.19. The Labute approximate surface area is 113 Å². The molecule has 0 atom stereocenters. The summed E-state index contributed by atoms with van der Waals surface area (Å²) >= 11 is 0. The average molecular weight is 251 g/mol. The molecule has 0 saturated carbocycles. The second-order valence-electron chi connectivity index (χ2n) is 4.41. The maximum absolute atomic E-state index is 11.0. The zero-order valence-corrected chi connectivity index (χ0v) is 11.0. The standard InChI is InChI=1S/C17H17NO/c1-13(15-8-4-3-5-9-15)17-11-7-6-10-16(17)12-18-14(2)19/h3-11H,1,12H2,2H3,(H,18,19). The van der Waals surface area contributed by atoms with Crippen molar-refractivity contribution in [2.24, 2.45) is 0 Å². The summed E-state index contributed by atoms with van der Waals surface area (Å²) in [6.07, 6.45) is 0. The summed E-state index contributed by atoms with van der Waals surface area (Å²) in [6, 6.07) is 18.1. The lowest BCUT2D eigenvalue weighted by molar-refractivity contribution is -0.119. The highest BCUT2D eigenvalue weighted by Crippen LogP contribution is 2.24. The van der Waals surface area contributed by atoms with Crippen molar-refractivity contribution in [3.8, 4) is 0 Å². The van der Waals surface area contributed by atoms with Crippen LogP contribution in [0.1, 0.15) is 23.6 Å². The van der Waals surface area contributed by atoms with Gasteiger partial charge in [-0.1, -0.05) is 61.2 Å². The molecule has 2 nitrogen and oxygen atoms in total. The van der Waals surface area contributed by atoms with Crippen molar-refractivity contribution in [1.29, 1.82) is 0 Å². The summed E-state index contributed by atoms with van der Waals surface area (Å²) in [5, 5.41) is 2.83. The molecule has 0 unspecified atom stereocenters. The largest absolute Gasteiger partial charge is 0.352 e. The van der Waals surface area contributed by atoms with E-state index in [-0.39, 0.29) is 5.91 Å². The molecule has 2 heteroatoms. The minimum atomic E-state index is -0.0277. The lowest BCUT2D eigenvalue weighted by atomic mass is 9.95. The van der Waals surface area contributed by atoms with Crippen LogP contribution in [0.3, 0.4) is 0 Å². The zero-order valence-electron chi connectivity index (χ0n) is 11.0. The molecule has 1 amide bonds. The second-order valence-corrected chi connectivity index (χ2v) is 4.41. The quantitative estimate of drug-likeness (QED) is 0.886. The Balaban J connectivity index is 2.29. The number of hydrogen-bond acceptors (Lipinski definition) is 1. The summed E-state index contributed by atoms with van der Waals surface area (Å²) in [7, 11) is 0. The Morgan fingerprint density at radius 2 is 1.68 bits per heavy atom. The highest BCUT2D eigenvalue weighted by atomic mass is 16.1. The van der Waals surface area contributed by atoms with E-state index in [1.54, 1.807) is 0 Å². The lowest BCUT2D eigenvalue weighted by Gasteiger charge is -2.12. The molecule has 0 aliphatic heterocycles. The van der Waals surface area contributed by atoms with E-state index in [2.05, 4.69) is 11.9 Å². The zero-order chi connectivity index (χ0) is 13.7. The first-order valence-electron chi connectivity index (χ1n) is 6.25. The molecule has 2 rings (SSSR count). The van der Waals surface area contributed by atoms with Gasteiger partial charge >= 0.3 is 0 Å². The van der Waals surface area contributed by atoms with Gasteiger partial charge in [0.2, 0.25) is 5.91 Å². The fourth-order valence-electron chi connectivity index (χ4n) is 1.98. The summed E-state index contributed by atoms with van der Waals surface area (Å²) in [5.74, 6) is -0.0277. The van der Waals surface area contributed by atoms with Gasteiger partial charge in [-0.15, -0.1) is 0 Å². The van der Waals surface area contributed by atoms with E-state index in [0.717, 1.165) is 22.3 Å². The minimum Gasteiger partial charge on any atom is -0.352 e. The van der Waals surface area contributed by atoms with Gasteiger partial charge in [0.05, 0.1) is 0 Å². The van der Waals surface area contributed by atoms with Crippen molar-refractivity contribution in [2.75, 3.05) is 0 Å². The van der Waals surface area contributed by atoms with E-state index in [9.17, 15) is 4.79 Å². The van der Waals surface area contributed by atoms with Crippen LogP contribution in [-0.2, 0) is 11.3 Å².